The molecule has 0 unspecified atom stereocenters. The van der Waals surface area contributed by atoms with Gasteiger partial charge in [0.1, 0.15) is 17.5 Å². The van der Waals surface area contributed by atoms with Gasteiger partial charge in [0.05, 0.1) is 6.54 Å². The molecule has 1 rings (SSSR count). The summed E-state index contributed by atoms with van der Waals surface area (Å²) >= 11 is 0. The fourth-order valence-electron chi connectivity index (χ4n) is 1.55. The minimum atomic E-state index is -4.11. The van der Waals surface area contributed by atoms with Gasteiger partial charge in [0.2, 0.25) is 0 Å². The summed E-state index contributed by atoms with van der Waals surface area (Å²) in [6.45, 7) is 6.05. The molecule has 0 radical (unpaired) electrons. The summed E-state index contributed by atoms with van der Waals surface area (Å²) < 4.78 is 50.4. The second-order valence-corrected chi connectivity index (χ2v) is 5.78. The van der Waals surface area contributed by atoms with Crippen molar-refractivity contribution in [2.45, 2.75) is 45.5 Å². The quantitative estimate of drug-likeness (QED) is 0.818. The smallest absolute Gasteiger partial charge is 0.324 e. The molecule has 21 heavy (non-hydrogen) atoms. The van der Waals surface area contributed by atoms with Gasteiger partial charge in [0.25, 0.3) is 0 Å². The van der Waals surface area contributed by atoms with E-state index in [4.69, 9.17) is 0 Å². The standard InChI is InChI=1S/C13H20F4N4/c1-7-8(18-5)20-11(12(2,3)4)21-9(7)19-6-13(16,17)10(14)15/h10H,6H2,1-5H3,(H2,18,19,20,21). The highest BCUT2D eigenvalue weighted by atomic mass is 19.3. The maximum atomic E-state index is 13.0. The minimum Gasteiger partial charge on any atom is -0.373 e. The molecule has 2 N–H and O–H groups in total. The predicted octanol–water partition coefficient (Wildman–Crippen LogP) is 3.44. The van der Waals surface area contributed by atoms with E-state index in [1.165, 1.54) is 0 Å². The predicted molar refractivity (Wildman–Crippen MR) is 74.5 cm³/mol. The monoisotopic (exact) mass is 308 g/mol. The van der Waals surface area contributed by atoms with Crippen LogP contribution in [-0.2, 0) is 5.41 Å². The number of hydrogen-bond acceptors (Lipinski definition) is 4. The van der Waals surface area contributed by atoms with Crippen molar-refractivity contribution >= 4 is 11.6 Å². The molecule has 0 atom stereocenters. The van der Waals surface area contributed by atoms with Gasteiger partial charge in [0.15, 0.2) is 0 Å². The summed E-state index contributed by atoms with van der Waals surface area (Å²) in [4.78, 5) is 8.48. The molecule has 0 aliphatic carbocycles. The molecule has 0 saturated heterocycles. The van der Waals surface area contributed by atoms with Gasteiger partial charge in [-0.15, -0.1) is 0 Å². The lowest BCUT2D eigenvalue weighted by Gasteiger charge is -2.22. The van der Waals surface area contributed by atoms with E-state index in [1.54, 1.807) is 14.0 Å². The van der Waals surface area contributed by atoms with Gasteiger partial charge in [-0.2, -0.15) is 8.78 Å². The van der Waals surface area contributed by atoms with Crippen molar-refractivity contribution in [2.24, 2.45) is 0 Å². The fraction of sp³-hybridized carbons (Fsp3) is 0.692. The van der Waals surface area contributed by atoms with Crippen LogP contribution in [0.4, 0.5) is 29.2 Å². The second kappa shape index (κ2) is 6.03. The summed E-state index contributed by atoms with van der Waals surface area (Å²) in [5, 5.41) is 5.14. The van der Waals surface area contributed by atoms with Crippen molar-refractivity contribution in [3.8, 4) is 0 Å². The van der Waals surface area contributed by atoms with E-state index in [1.807, 2.05) is 20.8 Å². The maximum Gasteiger partial charge on any atom is 0.324 e. The van der Waals surface area contributed by atoms with E-state index in [-0.39, 0.29) is 5.82 Å². The van der Waals surface area contributed by atoms with Gasteiger partial charge in [-0.25, -0.2) is 18.7 Å². The summed E-state index contributed by atoms with van der Waals surface area (Å²) in [7, 11) is 1.64. The van der Waals surface area contributed by atoms with Crippen LogP contribution in [0.1, 0.15) is 32.2 Å². The molecule has 8 heteroatoms. The van der Waals surface area contributed by atoms with Crippen LogP contribution in [0.5, 0.6) is 0 Å². The Morgan fingerprint density at radius 1 is 1.10 bits per heavy atom. The molecule has 0 aliphatic rings. The number of anilines is 2. The zero-order valence-corrected chi connectivity index (χ0v) is 12.7. The number of alkyl halides is 4. The summed E-state index contributed by atoms with van der Waals surface area (Å²) in [6, 6.07) is 0. The Morgan fingerprint density at radius 3 is 2.05 bits per heavy atom. The lowest BCUT2D eigenvalue weighted by molar-refractivity contribution is -0.117. The Bertz CT molecular complexity index is 498. The Labute approximate surface area is 121 Å². The highest BCUT2D eigenvalue weighted by Crippen LogP contribution is 2.28. The zero-order chi connectivity index (χ0) is 16.4. The van der Waals surface area contributed by atoms with Gasteiger partial charge in [-0.05, 0) is 6.92 Å². The first-order valence-corrected chi connectivity index (χ1v) is 6.45. The SMILES string of the molecule is CNc1nc(C(C)(C)C)nc(NCC(F)(F)C(F)F)c1C. The van der Waals surface area contributed by atoms with Crippen LogP contribution < -0.4 is 10.6 Å². The topological polar surface area (TPSA) is 49.8 Å². The highest BCUT2D eigenvalue weighted by molar-refractivity contribution is 5.57. The molecular formula is C13H20F4N4. The molecule has 0 bridgehead atoms. The van der Waals surface area contributed by atoms with E-state index < -0.39 is 24.3 Å². The highest BCUT2D eigenvalue weighted by Gasteiger charge is 2.40. The van der Waals surface area contributed by atoms with E-state index >= 15 is 0 Å². The molecule has 0 aromatic carbocycles. The second-order valence-electron chi connectivity index (χ2n) is 5.78. The number of nitrogens with zero attached hydrogens (tertiary/aromatic N) is 2. The van der Waals surface area contributed by atoms with Crippen molar-refractivity contribution < 1.29 is 17.6 Å². The molecule has 1 aromatic rings. The normalized spacial score (nSPS) is 12.7. The van der Waals surface area contributed by atoms with Crippen LogP contribution in [0.3, 0.4) is 0 Å². The number of halogens is 4. The first kappa shape index (κ1) is 17.5. The van der Waals surface area contributed by atoms with Crippen molar-refractivity contribution in [1.29, 1.82) is 0 Å². The average molecular weight is 308 g/mol. The van der Waals surface area contributed by atoms with Crippen molar-refractivity contribution in [3.63, 3.8) is 0 Å². The van der Waals surface area contributed by atoms with Crippen molar-refractivity contribution in [3.05, 3.63) is 11.4 Å². The van der Waals surface area contributed by atoms with Crippen LogP contribution in [0.15, 0.2) is 0 Å². The third-order valence-corrected chi connectivity index (χ3v) is 2.86. The van der Waals surface area contributed by atoms with E-state index in [0.717, 1.165) is 0 Å². The summed E-state index contributed by atoms with van der Waals surface area (Å²) in [6.07, 6.45) is -3.72. The zero-order valence-electron chi connectivity index (χ0n) is 12.7. The van der Waals surface area contributed by atoms with Crippen LogP contribution in [-0.4, -0.2) is 35.9 Å². The first-order valence-electron chi connectivity index (χ1n) is 6.45. The summed E-state index contributed by atoms with van der Waals surface area (Å²) in [5.74, 6) is -3.09. The Balaban J connectivity index is 3.12. The molecule has 0 fully saturated rings. The number of hydrogen-bond donors (Lipinski definition) is 2. The third-order valence-electron chi connectivity index (χ3n) is 2.86. The molecule has 0 spiro atoms. The molecule has 0 amide bonds. The van der Waals surface area contributed by atoms with Gasteiger partial charge >= 0.3 is 12.3 Å². The molecule has 1 aromatic heterocycles. The van der Waals surface area contributed by atoms with Gasteiger partial charge in [-0.3, -0.25) is 0 Å². The molecule has 4 nitrogen and oxygen atoms in total. The number of nitrogens with one attached hydrogen (secondary N) is 2. The third kappa shape index (κ3) is 4.18. The van der Waals surface area contributed by atoms with Crippen LogP contribution in [0, 0.1) is 6.92 Å². The Kier molecular flexibility index (Phi) is 5.01. The van der Waals surface area contributed by atoms with Gasteiger partial charge in [-0.1, -0.05) is 20.8 Å². The Morgan fingerprint density at radius 2 is 1.62 bits per heavy atom. The first-order chi connectivity index (χ1) is 9.49. The number of rotatable bonds is 5. The van der Waals surface area contributed by atoms with Crippen LogP contribution >= 0.6 is 0 Å². The lowest BCUT2D eigenvalue weighted by Crippen LogP contribution is -2.35. The maximum absolute atomic E-state index is 13.0. The van der Waals surface area contributed by atoms with Crippen molar-refractivity contribution in [2.75, 3.05) is 24.2 Å². The largest absolute Gasteiger partial charge is 0.373 e. The van der Waals surface area contributed by atoms with E-state index in [2.05, 4.69) is 20.6 Å². The van der Waals surface area contributed by atoms with Crippen LogP contribution in [0.2, 0.25) is 0 Å². The number of aromatic nitrogens is 2. The molecule has 1 heterocycles. The molecule has 120 valence electrons. The van der Waals surface area contributed by atoms with Gasteiger partial charge in [0, 0.05) is 18.0 Å². The van der Waals surface area contributed by atoms with Crippen LogP contribution in [0.25, 0.3) is 0 Å². The van der Waals surface area contributed by atoms with Gasteiger partial charge < -0.3 is 10.6 Å². The minimum absolute atomic E-state index is 0.125. The lowest BCUT2D eigenvalue weighted by atomic mass is 9.95. The molecule has 0 saturated carbocycles. The summed E-state index contributed by atoms with van der Waals surface area (Å²) in [5.41, 5.74) is 0.0941. The fourth-order valence-corrected chi connectivity index (χ4v) is 1.55. The molecule has 0 aliphatic heterocycles. The van der Waals surface area contributed by atoms with E-state index in [9.17, 15) is 17.6 Å². The van der Waals surface area contributed by atoms with E-state index in [0.29, 0.717) is 17.2 Å². The Hall–Kier alpha value is -1.60. The van der Waals surface area contributed by atoms with Crippen molar-refractivity contribution in [1.82, 2.24) is 9.97 Å². The average Bonchev–Trinajstić information content (AvgIpc) is 2.36. The molecular weight excluding hydrogens is 288 g/mol.